The van der Waals surface area contributed by atoms with E-state index in [4.69, 9.17) is 15.2 Å². The summed E-state index contributed by atoms with van der Waals surface area (Å²) in [6, 6.07) is 5.00. The van der Waals surface area contributed by atoms with Crippen molar-refractivity contribution >= 4 is 34.8 Å². The number of rotatable bonds is 6. The Kier molecular flexibility index (Phi) is 7.47. The van der Waals surface area contributed by atoms with E-state index >= 15 is 0 Å². The Labute approximate surface area is 151 Å². The van der Waals surface area contributed by atoms with Crippen LogP contribution in [0, 0.1) is 5.92 Å². The van der Waals surface area contributed by atoms with Crippen molar-refractivity contribution in [2.24, 2.45) is 11.7 Å². The van der Waals surface area contributed by atoms with E-state index in [1.165, 1.54) is 11.3 Å². The van der Waals surface area contributed by atoms with Crippen molar-refractivity contribution < 1.29 is 14.3 Å². The lowest BCUT2D eigenvalue weighted by Gasteiger charge is -2.13. The molecule has 1 heterocycles. The number of methoxy groups -OCH3 is 2. The molecule has 2 rings (SSSR count). The third-order valence-corrected chi connectivity index (χ3v) is 4.19. The number of hydrogen-bond acceptors (Lipinski definition) is 6. The second-order valence-corrected chi connectivity index (χ2v) is 6.22. The van der Waals surface area contributed by atoms with E-state index in [9.17, 15) is 4.79 Å². The number of amides is 1. The summed E-state index contributed by atoms with van der Waals surface area (Å²) >= 11 is 1.35. The molecule has 0 radical (unpaired) electrons. The quantitative estimate of drug-likeness (QED) is 0.814. The zero-order valence-electron chi connectivity index (χ0n) is 14.0. The van der Waals surface area contributed by atoms with E-state index in [1.807, 2.05) is 37.4 Å². The maximum absolute atomic E-state index is 12.0. The molecule has 1 amide bonds. The summed E-state index contributed by atoms with van der Waals surface area (Å²) in [5, 5.41) is 5.15. The van der Waals surface area contributed by atoms with E-state index in [0.717, 1.165) is 11.3 Å². The predicted molar refractivity (Wildman–Crippen MR) is 99.3 cm³/mol. The van der Waals surface area contributed by atoms with Crippen molar-refractivity contribution in [1.29, 1.82) is 0 Å². The van der Waals surface area contributed by atoms with Gasteiger partial charge in [0, 0.05) is 10.9 Å². The second kappa shape index (κ2) is 8.86. The number of anilines is 1. The summed E-state index contributed by atoms with van der Waals surface area (Å²) in [5.41, 5.74) is 7.47. The molecule has 0 aliphatic heterocycles. The Morgan fingerprint density at radius 1 is 1.25 bits per heavy atom. The first kappa shape index (κ1) is 20.2. The minimum absolute atomic E-state index is 0. The van der Waals surface area contributed by atoms with Gasteiger partial charge in [0.2, 0.25) is 5.91 Å². The normalized spacial score (nSPS) is 11.6. The van der Waals surface area contributed by atoms with Gasteiger partial charge in [0.15, 0.2) is 16.6 Å². The highest BCUT2D eigenvalue weighted by molar-refractivity contribution is 7.14. The molecule has 2 aromatic rings. The van der Waals surface area contributed by atoms with Crippen molar-refractivity contribution in [3.05, 3.63) is 23.6 Å². The first-order chi connectivity index (χ1) is 11.0. The van der Waals surface area contributed by atoms with Gasteiger partial charge < -0.3 is 20.5 Å². The van der Waals surface area contributed by atoms with Crippen LogP contribution >= 0.6 is 23.7 Å². The van der Waals surface area contributed by atoms with Gasteiger partial charge >= 0.3 is 0 Å². The van der Waals surface area contributed by atoms with Crippen LogP contribution in [0.25, 0.3) is 11.3 Å². The Morgan fingerprint density at radius 3 is 2.50 bits per heavy atom. The fraction of sp³-hybridized carbons (Fsp3) is 0.375. The fourth-order valence-electron chi connectivity index (χ4n) is 1.95. The van der Waals surface area contributed by atoms with Gasteiger partial charge in [-0.15, -0.1) is 23.7 Å². The van der Waals surface area contributed by atoms with Crippen LogP contribution in [0.15, 0.2) is 23.6 Å². The third-order valence-electron chi connectivity index (χ3n) is 3.43. The first-order valence-electron chi connectivity index (χ1n) is 7.20. The number of carbonyl (C=O) groups excluding carboxylic acids is 1. The number of benzene rings is 1. The lowest BCUT2D eigenvalue weighted by Crippen LogP contribution is -2.39. The summed E-state index contributed by atoms with van der Waals surface area (Å²) in [7, 11) is 3.17. The fourth-order valence-corrected chi connectivity index (χ4v) is 2.67. The molecule has 0 bridgehead atoms. The molecule has 24 heavy (non-hydrogen) atoms. The second-order valence-electron chi connectivity index (χ2n) is 5.37. The topological polar surface area (TPSA) is 86.5 Å². The highest BCUT2D eigenvalue weighted by Crippen LogP contribution is 2.33. The van der Waals surface area contributed by atoms with Crippen LogP contribution in [-0.4, -0.2) is 31.2 Å². The van der Waals surface area contributed by atoms with E-state index in [-0.39, 0.29) is 24.2 Å². The molecule has 1 aromatic heterocycles. The van der Waals surface area contributed by atoms with E-state index in [1.54, 1.807) is 14.2 Å². The maximum Gasteiger partial charge on any atom is 0.243 e. The highest BCUT2D eigenvalue weighted by atomic mass is 35.5. The van der Waals surface area contributed by atoms with Crippen molar-refractivity contribution in [2.75, 3.05) is 19.5 Å². The van der Waals surface area contributed by atoms with Crippen molar-refractivity contribution in [3.63, 3.8) is 0 Å². The number of halogens is 1. The Hall–Kier alpha value is -1.83. The zero-order chi connectivity index (χ0) is 17.0. The molecule has 0 fully saturated rings. The van der Waals surface area contributed by atoms with Crippen LogP contribution in [0.3, 0.4) is 0 Å². The first-order valence-corrected chi connectivity index (χ1v) is 8.08. The van der Waals surface area contributed by atoms with E-state index in [0.29, 0.717) is 16.6 Å². The highest BCUT2D eigenvalue weighted by Gasteiger charge is 2.18. The van der Waals surface area contributed by atoms with Gasteiger partial charge in [-0.1, -0.05) is 13.8 Å². The summed E-state index contributed by atoms with van der Waals surface area (Å²) in [5.74, 6) is 1.13. The minimum atomic E-state index is -0.552. The lowest BCUT2D eigenvalue weighted by atomic mass is 10.1. The Bertz CT molecular complexity index is 691. The summed E-state index contributed by atoms with van der Waals surface area (Å²) < 4.78 is 10.5. The average molecular weight is 372 g/mol. The smallest absolute Gasteiger partial charge is 0.243 e. The van der Waals surface area contributed by atoms with Gasteiger partial charge in [-0.3, -0.25) is 4.79 Å². The third kappa shape index (κ3) is 4.59. The monoisotopic (exact) mass is 371 g/mol. The molecule has 6 nitrogen and oxygen atoms in total. The van der Waals surface area contributed by atoms with Crippen molar-refractivity contribution in [2.45, 2.75) is 19.9 Å². The molecule has 1 atom stereocenters. The van der Waals surface area contributed by atoms with Crippen molar-refractivity contribution in [1.82, 2.24) is 4.98 Å². The predicted octanol–water partition coefficient (Wildman–Crippen LogP) is 3.17. The molecular formula is C16H22ClN3O3S. The molecule has 0 aliphatic carbocycles. The standard InChI is InChI=1S/C16H21N3O3S.ClH/c1-9(2)14(17)15(20)19-16-18-11(8-23-16)10-5-6-12(21-3)13(7-10)22-4;/h5-9,14H,17H2,1-4H3,(H,18,19,20);1H/t14-;/m0./s1. The van der Waals surface area contributed by atoms with E-state index < -0.39 is 6.04 Å². The van der Waals surface area contributed by atoms with Gasteiger partial charge in [-0.05, 0) is 24.1 Å². The van der Waals surface area contributed by atoms with Crippen LogP contribution in [0.5, 0.6) is 11.5 Å². The van der Waals surface area contributed by atoms with Gasteiger partial charge in [0.05, 0.1) is 26.0 Å². The number of nitrogens with two attached hydrogens (primary N) is 1. The average Bonchev–Trinajstić information content (AvgIpc) is 3.01. The molecule has 0 saturated heterocycles. The SMILES string of the molecule is COc1ccc(-c2csc(NC(=O)[C@@H](N)C(C)C)n2)cc1OC.Cl. The number of nitrogens with zero attached hydrogens (tertiary/aromatic N) is 1. The number of carbonyl (C=O) groups is 1. The minimum Gasteiger partial charge on any atom is -0.493 e. The number of thiazole rings is 1. The molecule has 8 heteroatoms. The van der Waals surface area contributed by atoms with Crippen LogP contribution in [0.4, 0.5) is 5.13 Å². The maximum atomic E-state index is 12.0. The van der Waals surface area contributed by atoms with Crippen molar-refractivity contribution in [3.8, 4) is 22.8 Å². The number of aromatic nitrogens is 1. The molecular weight excluding hydrogens is 350 g/mol. The van der Waals surface area contributed by atoms with Crippen LogP contribution < -0.4 is 20.5 Å². The Balaban J connectivity index is 0.00000288. The van der Waals surface area contributed by atoms with Gasteiger partial charge in [-0.25, -0.2) is 4.98 Å². The summed E-state index contributed by atoms with van der Waals surface area (Å²) in [4.78, 5) is 16.4. The largest absolute Gasteiger partial charge is 0.493 e. The molecule has 3 N–H and O–H groups in total. The summed E-state index contributed by atoms with van der Waals surface area (Å²) in [6.45, 7) is 3.81. The number of ether oxygens (including phenoxy) is 2. The molecule has 0 unspecified atom stereocenters. The number of nitrogens with one attached hydrogen (secondary N) is 1. The van der Waals surface area contributed by atoms with E-state index in [2.05, 4.69) is 10.3 Å². The Morgan fingerprint density at radius 2 is 1.92 bits per heavy atom. The molecule has 0 saturated carbocycles. The lowest BCUT2D eigenvalue weighted by molar-refractivity contribution is -0.118. The molecule has 1 aromatic carbocycles. The van der Waals surface area contributed by atoms with Crippen LogP contribution in [0.1, 0.15) is 13.8 Å². The zero-order valence-corrected chi connectivity index (χ0v) is 15.7. The molecule has 0 spiro atoms. The van der Waals surface area contributed by atoms with Crippen LogP contribution in [0.2, 0.25) is 0 Å². The number of hydrogen-bond donors (Lipinski definition) is 2. The van der Waals surface area contributed by atoms with Gasteiger partial charge in [0.25, 0.3) is 0 Å². The van der Waals surface area contributed by atoms with Crippen LogP contribution in [-0.2, 0) is 4.79 Å². The molecule has 132 valence electrons. The molecule has 0 aliphatic rings. The summed E-state index contributed by atoms with van der Waals surface area (Å²) in [6.07, 6.45) is 0. The van der Waals surface area contributed by atoms with Gasteiger partial charge in [0.1, 0.15) is 0 Å². The van der Waals surface area contributed by atoms with Gasteiger partial charge in [-0.2, -0.15) is 0 Å².